The third kappa shape index (κ3) is 4.01. The maximum Gasteiger partial charge on any atom is 0.416 e. The summed E-state index contributed by atoms with van der Waals surface area (Å²) in [6, 6.07) is 12.0. The van der Waals surface area contributed by atoms with Gasteiger partial charge in [0.2, 0.25) is 0 Å². The number of anilines is 2. The van der Waals surface area contributed by atoms with Crippen molar-refractivity contribution in [1.82, 2.24) is 0 Å². The Kier molecular flexibility index (Phi) is 5.82. The van der Waals surface area contributed by atoms with Crippen molar-refractivity contribution >= 4 is 23.1 Å². The lowest BCUT2D eigenvalue weighted by Crippen LogP contribution is -3.11. The number of quaternary nitrogens is 1. The summed E-state index contributed by atoms with van der Waals surface area (Å²) >= 11 is 1.42. The first-order valence-corrected chi connectivity index (χ1v) is 9.85. The van der Waals surface area contributed by atoms with Crippen LogP contribution in [0.25, 0.3) is 0 Å². The van der Waals surface area contributed by atoms with Crippen molar-refractivity contribution in [2.45, 2.75) is 36.2 Å². The first-order valence-electron chi connectivity index (χ1n) is 9.03. The highest BCUT2D eigenvalue weighted by atomic mass is 32.2. The highest BCUT2D eigenvalue weighted by Gasteiger charge is 2.33. The van der Waals surface area contributed by atoms with Crippen LogP contribution in [0.15, 0.2) is 52.3 Å². The molecule has 140 valence electrons. The summed E-state index contributed by atoms with van der Waals surface area (Å²) in [7, 11) is 0. The molecule has 26 heavy (non-hydrogen) atoms. The average molecular weight is 381 g/mol. The molecule has 1 aliphatic heterocycles. The number of rotatable bonds is 6. The molecule has 1 heterocycles. The Balaban J connectivity index is 1.89. The van der Waals surface area contributed by atoms with Gasteiger partial charge in [-0.25, -0.2) is 0 Å². The van der Waals surface area contributed by atoms with Crippen LogP contribution < -0.4 is 9.80 Å². The Bertz CT molecular complexity index is 757. The van der Waals surface area contributed by atoms with E-state index in [0.717, 1.165) is 48.9 Å². The minimum Gasteiger partial charge on any atom is -0.339 e. The van der Waals surface area contributed by atoms with Crippen LogP contribution >= 0.6 is 11.8 Å². The van der Waals surface area contributed by atoms with Gasteiger partial charge in [0, 0.05) is 22.8 Å². The molecular formula is C20H24F3N2S+. The first kappa shape index (κ1) is 19.1. The van der Waals surface area contributed by atoms with Gasteiger partial charge in [-0.3, -0.25) is 0 Å². The molecule has 0 unspecified atom stereocenters. The van der Waals surface area contributed by atoms with Gasteiger partial charge in [0.05, 0.1) is 36.6 Å². The molecule has 0 aliphatic carbocycles. The Morgan fingerprint density at radius 3 is 2.35 bits per heavy atom. The molecule has 2 aromatic carbocycles. The first-order chi connectivity index (χ1) is 12.4. The monoisotopic (exact) mass is 381 g/mol. The van der Waals surface area contributed by atoms with Crippen LogP contribution in [0.5, 0.6) is 0 Å². The SMILES string of the molecule is CC[NH+](CC)CCCN1c2ccccc2Sc2cc(C(F)(F)F)ccc21. The molecule has 0 radical (unpaired) electrons. The van der Waals surface area contributed by atoms with Gasteiger partial charge < -0.3 is 9.80 Å². The molecule has 0 saturated carbocycles. The standard InChI is InChI=1S/C20H23F3N2S/c1-3-24(4-2)12-7-13-25-16-8-5-6-9-18(16)26-19-14-15(20(21,22)23)10-11-17(19)25/h5-6,8-11,14H,3-4,7,12-13H2,1-2H3/p+1. The minimum absolute atomic E-state index is 0.587. The molecule has 1 N–H and O–H groups in total. The Morgan fingerprint density at radius 2 is 1.65 bits per heavy atom. The average Bonchev–Trinajstić information content (AvgIpc) is 2.63. The molecule has 0 saturated heterocycles. The molecular weight excluding hydrogens is 357 g/mol. The third-order valence-corrected chi connectivity index (χ3v) is 5.98. The van der Waals surface area contributed by atoms with E-state index in [0.29, 0.717) is 4.90 Å². The lowest BCUT2D eigenvalue weighted by atomic mass is 10.1. The van der Waals surface area contributed by atoms with Gasteiger partial charge in [-0.15, -0.1) is 0 Å². The van der Waals surface area contributed by atoms with Gasteiger partial charge in [0.15, 0.2) is 0 Å². The lowest BCUT2D eigenvalue weighted by molar-refractivity contribution is -0.896. The number of nitrogens with zero attached hydrogens (tertiary/aromatic N) is 1. The topological polar surface area (TPSA) is 7.68 Å². The normalized spacial score (nSPS) is 13.7. The van der Waals surface area contributed by atoms with Crippen molar-refractivity contribution < 1.29 is 18.1 Å². The van der Waals surface area contributed by atoms with Crippen LogP contribution in [0, 0.1) is 0 Å². The van der Waals surface area contributed by atoms with Crippen molar-refractivity contribution in [3.8, 4) is 0 Å². The van der Waals surface area contributed by atoms with Crippen LogP contribution in [0.4, 0.5) is 24.5 Å². The molecule has 0 aromatic heterocycles. The molecule has 0 spiro atoms. The molecule has 0 amide bonds. The zero-order chi connectivity index (χ0) is 18.7. The Hall–Kier alpha value is -1.66. The number of halogens is 3. The van der Waals surface area contributed by atoms with E-state index in [-0.39, 0.29) is 0 Å². The van der Waals surface area contributed by atoms with Gasteiger partial charge in [0.1, 0.15) is 0 Å². The fraction of sp³-hybridized carbons (Fsp3) is 0.400. The van der Waals surface area contributed by atoms with E-state index in [1.54, 1.807) is 6.07 Å². The van der Waals surface area contributed by atoms with Gasteiger partial charge in [-0.1, -0.05) is 23.9 Å². The molecule has 6 heteroatoms. The van der Waals surface area contributed by atoms with E-state index in [1.807, 2.05) is 24.3 Å². The van der Waals surface area contributed by atoms with E-state index in [1.165, 1.54) is 28.8 Å². The smallest absolute Gasteiger partial charge is 0.339 e. The molecule has 2 nitrogen and oxygen atoms in total. The number of benzene rings is 2. The number of alkyl halides is 3. The van der Waals surface area contributed by atoms with Gasteiger partial charge in [0.25, 0.3) is 0 Å². The second-order valence-corrected chi connectivity index (χ2v) is 7.55. The largest absolute Gasteiger partial charge is 0.416 e. The number of fused-ring (bicyclic) bond motifs is 2. The van der Waals surface area contributed by atoms with Crippen LogP contribution in [0.2, 0.25) is 0 Å². The highest BCUT2D eigenvalue weighted by Crippen LogP contribution is 2.49. The molecule has 0 fully saturated rings. The Morgan fingerprint density at radius 1 is 0.962 bits per heavy atom. The summed E-state index contributed by atoms with van der Waals surface area (Å²) in [5.41, 5.74) is 1.37. The minimum atomic E-state index is -4.32. The van der Waals surface area contributed by atoms with Crippen molar-refractivity contribution in [3.05, 3.63) is 48.0 Å². The number of nitrogens with one attached hydrogen (secondary N) is 1. The molecule has 0 atom stereocenters. The summed E-state index contributed by atoms with van der Waals surface area (Å²) in [6.45, 7) is 8.41. The van der Waals surface area contributed by atoms with E-state index in [4.69, 9.17) is 0 Å². The van der Waals surface area contributed by atoms with Crippen molar-refractivity contribution in [3.63, 3.8) is 0 Å². The predicted molar refractivity (Wildman–Crippen MR) is 101 cm³/mol. The summed E-state index contributed by atoms with van der Waals surface area (Å²) in [5.74, 6) is 0. The fourth-order valence-electron chi connectivity index (χ4n) is 3.34. The maximum absolute atomic E-state index is 13.1. The van der Waals surface area contributed by atoms with Crippen molar-refractivity contribution in [1.29, 1.82) is 0 Å². The van der Waals surface area contributed by atoms with Crippen LogP contribution in [0.1, 0.15) is 25.8 Å². The number of para-hydroxylation sites is 1. The van der Waals surface area contributed by atoms with E-state index in [2.05, 4.69) is 18.7 Å². The summed E-state index contributed by atoms with van der Waals surface area (Å²) < 4.78 is 39.3. The summed E-state index contributed by atoms with van der Waals surface area (Å²) in [5, 5.41) is 0. The van der Waals surface area contributed by atoms with E-state index in [9.17, 15) is 13.2 Å². The second-order valence-electron chi connectivity index (χ2n) is 6.46. The summed E-state index contributed by atoms with van der Waals surface area (Å²) in [4.78, 5) is 5.39. The van der Waals surface area contributed by atoms with Crippen molar-refractivity contribution in [2.24, 2.45) is 0 Å². The zero-order valence-corrected chi connectivity index (χ0v) is 15.9. The van der Waals surface area contributed by atoms with E-state index < -0.39 is 11.7 Å². The molecule has 0 bridgehead atoms. The van der Waals surface area contributed by atoms with Gasteiger partial charge in [-0.05, 0) is 44.2 Å². The number of hydrogen-bond donors (Lipinski definition) is 1. The van der Waals surface area contributed by atoms with Crippen LogP contribution in [0.3, 0.4) is 0 Å². The maximum atomic E-state index is 13.1. The van der Waals surface area contributed by atoms with Gasteiger partial charge in [-0.2, -0.15) is 13.2 Å². The lowest BCUT2D eigenvalue weighted by Gasteiger charge is -2.33. The fourth-order valence-corrected chi connectivity index (χ4v) is 4.48. The number of hydrogen-bond acceptors (Lipinski definition) is 2. The zero-order valence-electron chi connectivity index (χ0n) is 15.1. The van der Waals surface area contributed by atoms with Crippen molar-refractivity contribution in [2.75, 3.05) is 31.1 Å². The van der Waals surface area contributed by atoms with Crippen LogP contribution in [-0.2, 0) is 6.18 Å². The summed E-state index contributed by atoms with van der Waals surface area (Å²) in [6.07, 6.45) is -3.32. The van der Waals surface area contributed by atoms with Gasteiger partial charge >= 0.3 is 6.18 Å². The van der Waals surface area contributed by atoms with Crippen LogP contribution in [-0.4, -0.2) is 26.2 Å². The van der Waals surface area contributed by atoms with E-state index >= 15 is 0 Å². The Labute approximate surface area is 157 Å². The quantitative estimate of drug-likeness (QED) is 0.781. The second kappa shape index (κ2) is 7.92. The predicted octanol–water partition coefficient (Wildman–Crippen LogP) is 4.62. The molecule has 1 aliphatic rings. The third-order valence-electron chi connectivity index (χ3n) is 4.87. The highest BCUT2D eigenvalue weighted by molar-refractivity contribution is 7.99. The molecule has 2 aromatic rings. The molecule has 3 rings (SSSR count).